The first-order chi connectivity index (χ1) is 8.75. The van der Waals surface area contributed by atoms with Crippen LogP contribution < -0.4 is 10.5 Å². The van der Waals surface area contributed by atoms with E-state index in [4.69, 9.17) is 15.2 Å². The van der Waals surface area contributed by atoms with Gasteiger partial charge in [0.1, 0.15) is 5.75 Å². The highest BCUT2D eigenvalue weighted by molar-refractivity contribution is 5.90. The Morgan fingerprint density at radius 2 is 2.05 bits per heavy atom. The van der Waals surface area contributed by atoms with Crippen molar-refractivity contribution in [2.24, 2.45) is 0 Å². The lowest BCUT2D eigenvalue weighted by Crippen LogP contribution is -2.31. The van der Waals surface area contributed by atoms with Crippen LogP contribution in [0.5, 0.6) is 5.75 Å². The predicted octanol–water partition coefficient (Wildman–Crippen LogP) is 2.78. The van der Waals surface area contributed by atoms with Crippen LogP contribution >= 0.6 is 0 Å². The Balaban J connectivity index is 2.95. The van der Waals surface area contributed by atoms with Gasteiger partial charge < -0.3 is 15.2 Å². The highest BCUT2D eigenvalue weighted by Gasteiger charge is 2.38. The Labute approximate surface area is 108 Å². The van der Waals surface area contributed by atoms with E-state index in [-0.39, 0.29) is 23.6 Å². The van der Waals surface area contributed by atoms with Crippen molar-refractivity contribution in [1.29, 1.82) is 0 Å². The summed E-state index contributed by atoms with van der Waals surface area (Å²) in [5.74, 6) is -0.845. The number of nitrogen functional groups attached to an aromatic ring is 1. The van der Waals surface area contributed by atoms with Gasteiger partial charge in [-0.1, -0.05) is 0 Å². The molecule has 7 heteroatoms. The summed E-state index contributed by atoms with van der Waals surface area (Å²) in [6.07, 6.45) is -6.53. The molecule has 0 radical (unpaired) electrons. The topological polar surface area (TPSA) is 61.5 Å². The summed E-state index contributed by atoms with van der Waals surface area (Å²) in [6, 6.07) is 3.79. The molecule has 0 aliphatic rings. The van der Waals surface area contributed by atoms with Crippen molar-refractivity contribution in [1.82, 2.24) is 0 Å². The van der Waals surface area contributed by atoms with E-state index in [1.165, 1.54) is 12.1 Å². The van der Waals surface area contributed by atoms with Crippen molar-refractivity contribution in [2.75, 3.05) is 12.3 Å². The lowest BCUT2D eigenvalue weighted by atomic mass is 10.2. The fourth-order valence-electron chi connectivity index (χ4n) is 1.24. The lowest BCUT2D eigenvalue weighted by molar-refractivity contribution is -0.189. The van der Waals surface area contributed by atoms with Crippen LogP contribution in [0.2, 0.25) is 0 Å². The predicted molar refractivity (Wildman–Crippen MR) is 63.0 cm³/mol. The van der Waals surface area contributed by atoms with Gasteiger partial charge in [-0.3, -0.25) is 0 Å². The fraction of sp³-hybridized carbons (Fsp3) is 0.417. The van der Waals surface area contributed by atoms with Crippen LogP contribution in [0.15, 0.2) is 18.2 Å². The molecule has 1 unspecified atom stereocenters. The first-order valence-corrected chi connectivity index (χ1v) is 5.55. The third kappa shape index (κ3) is 4.04. The summed E-state index contributed by atoms with van der Waals surface area (Å²) in [5, 5.41) is 0. The number of benzene rings is 1. The molecule has 0 bridgehead atoms. The van der Waals surface area contributed by atoms with E-state index in [9.17, 15) is 18.0 Å². The molecule has 0 spiro atoms. The van der Waals surface area contributed by atoms with Gasteiger partial charge in [-0.2, -0.15) is 13.2 Å². The minimum Gasteiger partial charge on any atom is -0.479 e. The molecule has 0 amide bonds. The van der Waals surface area contributed by atoms with Crippen LogP contribution in [0.25, 0.3) is 0 Å². The van der Waals surface area contributed by atoms with Gasteiger partial charge >= 0.3 is 12.1 Å². The molecular weight excluding hydrogens is 263 g/mol. The number of nitrogens with two attached hydrogens (primary N) is 1. The molecule has 0 aliphatic carbocycles. The summed E-state index contributed by atoms with van der Waals surface area (Å²) >= 11 is 0. The zero-order valence-corrected chi connectivity index (χ0v) is 10.5. The zero-order chi connectivity index (χ0) is 14.6. The highest BCUT2D eigenvalue weighted by Crippen LogP contribution is 2.29. The maximum Gasteiger partial charge on any atom is 0.425 e. The maximum atomic E-state index is 12.4. The lowest BCUT2D eigenvalue weighted by Gasteiger charge is -2.19. The average molecular weight is 277 g/mol. The summed E-state index contributed by atoms with van der Waals surface area (Å²) in [7, 11) is 0. The van der Waals surface area contributed by atoms with Crippen molar-refractivity contribution in [3.05, 3.63) is 23.8 Å². The summed E-state index contributed by atoms with van der Waals surface area (Å²) < 4.78 is 46.6. The van der Waals surface area contributed by atoms with Crippen molar-refractivity contribution < 1.29 is 27.4 Å². The molecule has 0 saturated heterocycles. The quantitative estimate of drug-likeness (QED) is 0.679. The van der Waals surface area contributed by atoms with E-state index < -0.39 is 18.2 Å². The number of hydrogen-bond donors (Lipinski definition) is 1. The monoisotopic (exact) mass is 277 g/mol. The Hall–Kier alpha value is -1.92. The van der Waals surface area contributed by atoms with E-state index in [0.717, 1.165) is 13.0 Å². The molecule has 0 fully saturated rings. The number of carbonyl (C=O) groups is 1. The minimum absolute atomic E-state index is 0.0177. The van der Waals surface area contributed by atoms with E-state index in [2.05, 4.69) is 0 Å². The SMILES string of the molecule is CCOC(=O)c1ccc(N)c(OC(C)C(F)(F)F)c1. The molecule has 1 rings (SSSR count). The van der Waals surface area contributed by atoms with Crippen LogP contribution in [-0.2, 0) is 4.74 Å². The second-order valence-electron chi connectivity index (χ2n) is 3.77. The average Bonchev–Trinajstić information content (AvgIpc) is 2.30. The molecule has 0 saturated carbocycles. The molecule has 0 aliphatic heterocycles. The van der Waals surface area contributed by atoms with Crippen LogP contribution in [0, 0.1) is 0 Å². The van der Waals surface area contributed by atoms with Gasteiger partial charge in [-0.15, -0.1) is 0 Å². The van der Waals surface area contributed by atoms with Crippen LogP contribution in [0.3, 0.4) is 0 Å². The van der Waals surface area contributed by atoms with Crippen molar-refractivity contribution in [3.63, 3.8) is 0 Å². The second kappa shape index (κ2) is 5.81. The van der Waals surface area contributed by atoms with Gasteiger partial charge in [0.05, 0.1) is 17.9 Å². The number of carbonyl (C=O) groups excluding carboxylic acids is 1. The highest BCUT2D eigenvalue weighted by atomic mass is 19.4. The van der Waals surface area contributed by atoms with Gasteiger partial charge in [0.2, 0.25) is 0 Å². The Morgan fingerprint density at radius 1 is 1.42 bits per heavy atom. The number of ether oxygens (including phenoxy) is 2. The second-order valence-corrected chi connectivity index (χ2v) is 3.77. The first kappa shape index (κ1) is 15.1. The van der Waals surface area contributed by atoms with Crippen LogP contribution in [0.4, 0.5) is 18.9 Å². The molecule has 2 N–H and O–H groups in total. The minimum atomic E-state index is -4.51. The zero-order valence-electron chi connectivity index (χ0n) is 10.5. The molecule has 1 aromatic carbocycles. The molecule has 0 aromatic heterocycles. The Bertz CT molecular complexity index is 460. The van der Waals surface area contributed by atoms with Gasteiger partial charge in [0.25, 0.3) is 0 Å². The summed E-state index contributed by atoms with van der Waals surface area (Å²) in [4.78, 5) is 11.5. The number of esters is 1. The number of anilines is 1. The molecular formula is C12H14F3NO3. The molecule has 19 heavy (non-hydrogen) atoms. The maximum absolute atomic E-state index is 12.4. The van der Waals surface area contributed by atoms with Gasteiger partial charge in [0.15, 0.2) is 6.10 Å². The third-order valence-electron chi connectivity index (χ3n) is 2.29. The molecule has 106 valence electrons. The Morgan fingerprint density at radius 3 is 2.58 bits per heavy atom. The third-order valence-corrected chi connectivity index (χ3v) is 2.29. The standard InChI is InChI=1S/C12H14F3NO3/c1-3-18-11(17)8-4-5-9(16)10(6-8)19-7(2)12(13,14)15/h4-7H,3,16H2,1-2H3. The molecule has 1 aromatic rings. The normalized spacial score (nSPS) is 12.9. The van der Waals surface area contributed by atoms with Crippen LogP contribution in [-0.4, -0.2) is 24.9 Å². The van der Waals surface area contributed by atoms with Gasteiger partial charge in [0, 0.05) is 0 Å². The van der Waals surface area contributed by atoms with E-state index in [1.807, 2.05) is 0 Å². The first-order valence-electron chi connectivity index (χ1n) is 5.55. The number of halogens is 3. The smallest absolute Gasteiger partial charge is 0.425 e. The largest absolute Gasteiger partial charge is 0.479 e. The van der Waals surface area contributed by atoms with Gasteiger partial charge in [-0.05, 0) is 32.0 Å². The van der Waals surface area contributed by atoms with Crippen molar-refractivity contribution >= 4 is 11.7 Å². The number of rotatable bonds is 4. The number of alkyl halides is 3. The van der Waals surface area contributed by atoms with Crippen molar-refractivity contribution in [2.45, 2.75) is 26.1 Å². The number of hydrogen-bond acceptors (Lipinski definition) is 4. The molecule has 0 heterocycles. The molecule has 4 nitrogen and oxygen atoms in total. The summed E-state index contributed by atoms with van der Waals surface area (Å²) in [5.41, 5.74) is 5.61. The molecule has 1 atom stereocenters. The summed E-state index contributed by atoms with van der Waals surface area (Å²) in [6.45, 7) is 2.65. The van der Waals surface area contributed by atoms with E-state index in [1.54, 1.807) is 6.92 Å². The van der Waals surface area contributed by atoms with Crippen LogP contribution in [0.1, 0.15) is 24.2 Å². The fourth-order valence-corrected chi connectivity index (χ4v) is 1.24. The van der Waals surface area contributed by atoms with E-state index >= 15 is 0 Å². The van der Waals surface area contributed by atoms with Gasteiger partial charge in [-0.25, -0.2) is 4.79 Å². The van der Waals surface area contributed by atoms with Crippen molar-refractivity contribution in [3.8, 4) is 5.75 Å². The van der Waals surface area contributed by atoms with E-state index in [0.29, 0.717) is 0 Å². The Kier molecular flexibility index (Phi) is 4.63.